The number of aromatic nitrogens is 2. The van der Waals surface area contributed by atoms with Crippen LogP contribution in [0, 0.1) is 0 Å². The second-order valence-corrected chi connectivity index (χ2v) is 5.65. The average Bonchev–Trinajstić information content (AvgIpc) is 2.76. The molecule has 4 nitrogen and oxygen atoms in total. The zero-order valence-corrected chi connectivity index (χ0v) is 11.5. The first kappa shape index (κ1) is 13.0. The summed E-state index contributed by atoms with van der Waals surface area (Å²) in [6, 6.07) is 7.73. The molecule has 0 unspecified atom stereocenters. The van der Waals surface area contributed by atoms with Crippen LogP contribution in [0.5, 0.6) is 0 Å². The summed E-state index contributed by atoms with van der Waals surface area (Å²) in [7, 11) is 0. The van der Waals surface area contributed by atoms with E-state index in [9.17, 15) is 4.79 Å². The highest BCUT2D eigenvalue weighted by atomic mass is 35.5. The molecule has 0 fully saturated rings. The van der Waals surface area contributed by atoms with E-state index in [1.807, 2.05) is 24.3 Å². The summed E-state index contributed by atoms with van der Waals surface area (Å²) in [4.78, 5) is 11.8. The van der Waals surface area contributed by atoms with Gasteiger partial charge in [-0.05, 0) is 35.2 Å². The van der Waals surface area contributed by atoms with Crippen molar-refractivity contribution in [2.75, 3.05) is 5.32 Å². The first-order chi connectivity index (χ1) is 8.56. The number of hydrogen-bond acceptors (Lipinski definition) is 4. The number of carbonyl (C=O) groups is 1. The Kier molecular flexibility index (Phi) is 3.93. The summed E-state index contributed by atoms with van der Waals surface area (Å²) in [5.74, 6) is 0.174. The Balaban J connectivity index is 2.07. The highest BCUT2D eigenvalue weighted by Crippen LogP contribution is 2.19. The lowest BCUT2D eigenvalue weighted by molar-refractivity contribution is 0.102. The van der Waals surface area contributed by atoms with Crippen LogP contribution in [0.3, 0.4) is 0 Å². The van der Waals surface area contributed by atoms with Gasteiger partial charge in [-0.25, -0.2) is 0 Å². The Bertz CT molecular complexity index is 551. The molecular formula is C12H12ClN3OS. The average molecular weight is 282 g/mol. The number of anilines is 1. The Morgan fingerprint density at radius 1 is 1.28 bits per heavy atom. The number of nitrogens with zero attached hydrogens (tertiary/aromatic N) is 2. The minimum absolute atomic E-state index is 0.257. The van der Waals surface area contributed by atoms with Crippen LogP contribution in [-0.4, -0.2) is 16.1 Å². The second-order valence-electron chi connectivity index (χ2n) is 4.09. The van der Waals surface area contributed by atoms with Crippen LogP contribution < -0.4 is 5.32 Å². The van der Waals surface area contributed by atoms with Gasteiger partial charge in [0.15, 0.2) is 0 Å². The molecule has 0 bridgehead atoms. The summed E-state index contributed by atoms with van der Waals surface area (Å²) < 4.78 is 0.260. The molecule has 0 saturated carbocycles. The maximum atomic E-state index is 11.8. The molecule has 0 aliphatic carbocycles. The molecule has 6 heteroatoms. The molecule has 94 valence electrons. The molecule has 18 heavy (non-hydrogen) atoms. The Labute approximate surface area is 114 Å². The number of benzene rings is 1. The normalized spacial score (nSPS) is 10.7. The molecule has 0 atom stereocenters. The topological polar surface area (TPSA) is 54.9 Å². The van der Waals surface area contributed by atoms with Gasteiger partial charge < -0.3 is 5.32 Å². The molecule has 1 N–H and O–H groups in total. The summed E-state index contributed by atoms with van der Waals surface area (Å²) >= 11 is 6.68. The van der Waals surface area contributed by atoms with Crippen LogP contribution in [0.25, 0.3) is 0 Å². The Morgan fingerprint density at radius 3 is 2.44 bits per heavy atom. The minimum atomic E-state index is -0.295. The quantitative estimate of drug-likeness (QED) is 0.936. The van der Waals surface area contributed by atoms with Gasteiger partial charge in [0.1, 0.15) is 0 Å². The lowest BCUT2D eigenvalue weighted by Gasteiger charge is -2.07. The van der Waals surface area contributed by atoms with E-state index in [2.05, 4.69) is 29.4 Å². The molecule has 0 saturated heterocycles. The van der Waals surface area contributed by atoms with Crippen molar-refractivity contribution < 1.29 is 4.79 Å². The first-order valence-corrected chi connectivity index (χ1v) is 6.66. The molecule has 1 amide bonds. The highest BCUT2D eigenvalue weighted by Gasteiger charge is 2.12. The molecule has 0 aliphatic heterocycles. The van der Waals surface area contributed by atoms with E-state index in [4.69, 9.17) is 11.6 Å². The summed E-state index contributed by atoms with van der Waals surface area (Å²) in [5.41, 5.74) is 1.96. The van der Waals surface area contributed by atoms with Crippen LogP contribution >= 0.6 is 22.9 Å². The number of nitrogens with one attached hydrogen (secondary N) is 1. The molecule has 1 aromatic carbocycles. The van der Waals surface area contributed by atoms with Crippen molar-refractivity contribution in [1.29, 1.82) is 0 Å². The van der Waals surface area contributed by atoms with Crippen LogP contribution in [0.2, 0.25) is 4.47 Å². The number of halogens is 1. The molecule has 2 rings (SSSR count). The van der Waals surface area contributed by atoms with Gasteiger partial charge in [0.05, 0.1) is 0 Å². The smallest absolute Gasteiger partial charge is 0.286 e. The van der Waals surface area contributed by atoms with Crippen LogP contribution in [-0.2, 0) is 0 Å². The van der Waals surface area contributed by atoms with E-state index in [0.29, 0.717) is 5.92 Å². The standard InChI is InChI=1S/C12H12ClN3OS/c1-7(2)8-3-5-9(6-4-8)14-10(17)11-15-16-12(13)18-11/h3-7H,1-2H3,(H,14,17). The van der Waals surface area contributed by atoms with Crippen molar-refractivity contribution in [3.05, 3.63) is 39.3 Å². The fourth-order valence-corrected chi connectivity index (χ4v) is 2.16. The van der Waals surface area contributed by atoms with Crippen molar-refractivity contribution in [3.8, 4) is 0 Å². The largest absolute Gasteiger partial charge is 0.320 e. The fraction of sp³-hybridized carbons (Fsp3) is 0.250. The van der Waals surface area contributed by atoms with Crippen LogP contribution in [0.1, 0.15) is 35.1 Å². The Hall–Kier alpha value is -1.46. The predicted molar refractivity (Wildman–Crippen MR) is 73.4 cm³/mol. The van der Waals surface area contributed by atoms with Gasteiger partial charge in [-0.1, -0.05) is 37.3 Å². The first-order valence-electron chi connectivity index (χ1n) is 5.46. The molecule has 1 aromatic heterocycles. The zero-order valence-electron chi connectivity index (χ0n) is 9.98. The van der Waals surface area contributed by atoms with Crippen molar-refractivity contribution >= 4 is 34.5 Å². The van der Waals surface area contributed by atoms with E-state index < -0.39 is 0 Å². The van der Waals surface area contributed by atoms with Crippen molar-refractivity contribution in [3.63, 3.8) is 0 Å². The number of hydrogen-bond donors (Lipinski definition) is 1. The van der Waals surface area contributed by atoms with Crippen molar-refractivity contribution in [2.45, 2.75) is 19.8 Å². The minimum Gasteiger partial charge on any atom is -0.320 e. The third-order valence-corrected chi connectivity index (χ3v) is 3.45. The maximum absolute atomic E-state index is 11.8. The van der Waals surface area contributed by atoms with Gasteiger partial charge in [-0.2, -0.15) is 0 Å². The Morgan fingerprint density at radius 2 is 1.94 bits per heavy atom. The third-order valence-electron chi connectivity index (χ3n) is 2.43. The van der Waals surface area contributed by atoms with E-state index in [1.54, 1.807) is 0 Å². The van der Waals surface area contributed by atoms with Crippen LogP contribution in [0.15, 0.2) is 24.3 Å². The van der Waals surface area contributed by atoms with E-state index >= 15 is 0 Å². The van der Waals surface area contributed by atoms with Crippen LogP contribution in [0.4, 0.5) is 5.69 Å². The van der Waals surface area contributed by atoms with Gasteiger partial charge in [0, 0.05) is 5.69 Å². The summed E-state index contributed by atoms with van der Waals surface area (Å²) in [6.07, 6.45) is 0. The SMILES string of the molecule is CC(C)c1ccc(NC(=O)c2nnc(Cl)s2)cc1. The number of amides is 1. The lowest BCUT2D eigenvalue weighted by atomic mass is 10.0. The monoisotopic (exact) mass is 281 g/mol. The fourth-order valence-electron chi connectivity index (χ4n) is 1.43. The van der Waals surface area contributed by atoms with E-state index in [-0.39, 0.29) is 15.4 Å². The second kappa shape index (κ2) is 5.46. The molecule has 0 aliphatic rings. The van der Waals surface area contributed by atoms with Gasteiger partial charge >= 0.3 is 0 Å². The van der Waals surface area contributed by atoms with E-state index in [1.165, 1.54) is 5.56 Å². The van der Waals surface area contributed by atoms with Crippen molar-refractivity contribution in [1.82, 2.24) is 10.2 Å². The molecular weight excluding hydrogens is 270 g/mol. The number of rotatable bonds is 3. The van der Waals surface area contributed by atoms with E-state index in [0.717, 1.165) is 17.0 Å². The van der Waals surface area contributed by atoms with Gasteiger partial charge in [-0.3, -0.25) is 4.79 Å². The molecule has 0 spiro atoms. The predicted octanol–water partition coefficient (Wildman–Crippen LogP) is 3.57. The molecule has 1 heterocycles. The highest BCUT2D eigenvalue weighted by molar-refractivity contribution is 7.17. The summed E-state index contributed by atoms with van der Waals surface area (Å²) in [5, 5.41) is 10.3. The van der Waals surface area contributed by atoms with Gasteiger partial charge in [0.2, 0.25) is 9.47 Å². The van der Waals surface area contributed by atoms with Gasteiger partial charge in [-0.15, -0.1) is 10.2 Å². The molecule has 2 aromatic rings. The lowest BCUT2D eigenvalue weighted by Crippen LogP contribution is -2.11. The third kappa shape index (κ3) is 3.05. The van der Waals surface area contributed by atoms with Crippen molar-refractivity contribution in [2.24, 2.45) is 0 Å². The maximum Gasteiger partial charge on any atom is 0.286 e. The molecule has 0 radical (unpaired) electrons. The zero-order chi connectivity index (χ0) is 13.1. The number of carbonyl (C=O) groups excluding carboxylic acids is 1. The summed E-state index contributed by atoms with van der Waals surface area (Å²) in [6.45, 7) is 4.24. The van der Waals surface area contributed by atoms with Gasteiger partial charge in [0.25, 0.3) is 5.91 Å².